The zero-order valence-corrected chi connectivity index (χ0v) is 15.2. The monoisotopic (exact) mass is 369 g/mol. The van der Waals surface area contributed by atoms with Gasteiger partial charge >= 0.3 is 5.97 Å². The minimum Gasteiger partial charge on any atom is -0.497 e. The Morgan fingerprint density at radius 3 is 2.44 bits per heavy atom. The van der Waals surface area contributed by atoms with Crippen molar-refractivity contribution in [3.63, 3.8) is 0 Å². The second-order valence-electron chi connectivity index (χ2n) is 5.95. The lowest BCUT2D eigenvalue weighted by Crippen LogP contribution is -2.46. The molecule has 140 valence electrons. The van der Waals surface area contributed by atoms with E-state index >= 15 is 0 Å². The van der Waals surface area contributed by atoms with Crippen LogP contribution in [0.15, 0.2) is 42.5 Å². The molecule has 0 radical (unpaired) electrons. The molecule has 27 heavy (non-hydrogen) atoms. The van der Waals surface area contributed by atoms with Crippen LogP contribution in [0.25, 0.3) is 0 Å². The van der Waals surface area contributed by atoms with Crippen LogP contribution in [0.3, 0.4) is 0 Å². The van der Waals surface area contributed by atoms with E-state index in [4.69, 9.17) is 14.2 Å². The fourth-order valence-corrected chi connectivity index (χ4v) is 3.13. The van der Waals surface area contributed by atoms with Crippen LogP contribution in [0.5, 0.6) is 11.5 Å². The predicted molar refractivity (Wildman–Crippen MR) is 95.6 cm³/mol. The molecule has 2 amide bonds. The quantitative estimate of drug-likeness (QED) is 0.456. The summed E-state index contributed by atoms with van der Waals surface area (Å²) in [6.45, 7) is -0.0351. The lowest BCUT2D eigenvalue weighted by Gasteiger charge is -2.31. The third kappa shape index (κ3) is 3.23. The molecule has 7 heteroatoms. The van der Waals surface area contributed by atoms with E-state index in [-0.39, 0.29) is 6.54 Å². The van der Waals surface area contributed by atoms with E-state index in [2.05, 4.69) is 0 Å². The van der Waals surface area contributed by atoms with Gasteiger partial charge in [-0.2, -0.15) is 0 Å². The second-order valence-corrected chi connectivity index (χ2v) is 5.95. The molecule has 0 fully saturated rings. The molecule has 7 nitrogen and oxygen atoms in total. The first kappa shape index (κ1) is 18.4. The van der Waals surface area contributed by atoms with Crippen LogP contribution in [-0.4, -0.2) is 44.0 Å². The number of benzene rings is 2. The van der Waals surface area contributed by atoms with E-state index in [9.17, 15) is 14.4 Å². The van der Waals surface area contributed by atoms with Gasteiger partial charge in [0.15, 0.2) is 5.92 Å². The summed E-state index contributed by atoms with van der Waals surface area (Å²) < 4.78 is 15.3. The van der Waals surface area contributed by atoms with Gasteiger partial charge in [0.05, 0.1) is 27.9 Å². The number of hydrogen-bond acceptors (Lipinski definition) is 6. The standard InChI is InChI=1S/C20H19NO6/c1-25-13-9-8-12(16(10-13)26-2)11-21-18(22)15-7-5-4-6-14(15)17(19(21)23)20(24)27-3/h4-10,17H,11H2,1-3H3. The molecule has 3 rings (SSSR count). The zero-order chi connectivity index (χ0) is 19.6. The third-order valence-corrected chi connectivity index (χ3v) is 4.52. The fraction of sp³-hybridized carbons (Fsp3) is 0.250. The lowest BCUT2D eigenvalue weighted by molar-refractivity contribution is -0.149. The van der Waals surface area contributed by atoms with Crippen molar-refractivity contribution in [1.82, 2.24) is 4.90 Å². The molecule has 1 unspecified atom stereocenters. The van der Waals surface area contributed by atoms with Gasteiger partial charge in [0.1, 0.15) is 11.5 Å². The smallest absolute Gasteiger partial charge is 0.322 e. The Morgan fingerprint density at radius 2 is 1.78 bits per heavy atom. The Labute approximate surface area is 156 Å². The number of imide groups is 1. The van der Waals surface area contributed by atoms with Crippen LogP contribution in [0, 0.1) is 0 Å². The van der Waals surface area contributed by atoms with Gasteiger partial charge in [-0.1, -0.05) is 18.2 Å². The van der Waals surface area contributed by atoms with Crippen LogP contribution in [0.4, 0.5) is 0 Å². The first-order valence-corrected chi connectivity index (χ1v) is 8.25. The summed E-state index contributed by atoms with van der Waals surface area (Å²) in [7, 11) is 4.24. The molecule has 1 aliphatic heterocycles. The number of rotatable bonds is 5. The van der Waals surface area contributed by atoms with Crippen LogP contribution < -0.4 is 9.47 Å². The average molecular weight is 369 g/mol. The van der Waals surface area contributed by atoms with E-state index in [1.807, 2.05) is 0 Å². The van der Waals surface area contributed by atoms with E-state index in [1.165, 1.54) is 21.3 Å². The molecule has 0 saturated carbocycles. The topological polar surface area (TPSA) is 82.1 Å². The molecule has 2 aromatic rings. The van der Waals surface area contributed by atoms with Crippen LogP contribution in [-0.2, 0) is 20.9 Å². The highest BCUT2D eigenvalue weighted by atomic mass is 16.5. The normalized spacial score (nSPS) is 16.0. The zero-order valence-electron chi connectivity index (χ0n) is 15.2. The Hall–Kier alpha value is -3.35. The first-order chi connectivity index (χ1) is 13.0. The van der Waals surface area contributed by atoms with E-state index in [0.29, 0.717) is 28.2 Å². The number of carbonyl (C=O) groups is 3. The third-order valence-electron chi connectivity index (χ3n) is 4.52. The maximum atomic E-state index is 13.0. The van der Waals surface area contributed by atoms with Crippen LogP contribution in [0.1, 0.15) is 27.4 Å². The number of methoxy groups -OCH3 is 3. The van der Waals surface area contributed by atoms with Gasteiger partial charge < -0.3 is 14.2 Å². The van der Waals surface area contributed by atoms with Crippen molar-refractivity contribution in [1.29, 1.82) is 0 Å². The highest BCUT2D eigenvalue weighted by Crippen LogP contribution is 2.33. The molecule has 1 heterocycles. The van der Waals surface area contributed by atoms with Crippen molar-refractivity contribution in [2.45, 2.75) is 12.5 Å². The highest BCUT2D eigenvalue weighted by Gasteiger charge is 2.43. The minimum atomic E-state index is -1.17. The molecular weight excluding hydrogens is 350 g/mol. The largest absolute Gasteiger partial charge is 0.497 e. The summed E-state index contributed by atoms with van der Waals surface area (Å²) in [5.41, 5.74) is 1.28. The summed E-state index contributed by atoms with van der Waals surface area (Å²) >= 11 is 0. The SMILES string of the molecule is COC(=O)C1C(=O)N(Cc2ccc(OC)cc2OC)C(=O)c2ccccc21. The predicted octanol–water partition coefficient (Wildman–Crippen LogP) is 2.14. The van der Waals surface area contributed by atoms with E-state index in [0.717, 1.165) is 4.90 Å². The number of hydrogen-bond donors (Lipinski definition) is 0. The summed E-state index contributed by atoms with van der Waals surface area (Å²) in [6, 6.07) is 11.6. The average Bonchev–Trinajstić information content (AvgIpc) is 2.71. The summed E-state index contributed by atoms with van der Waals surface area (Å²) in [5.74, 6) is -1.90. The molecule has 0 aliphatic carbocycles. The number of nitrogens with zero attached hydrogens (tertiary/aromatic N) is 1. The van der Waals surface area contributed by atoms with Crippen molar-refractivity contribution < 1.29 is 28.6 Å². The molecule has 2 aromatic carbocycles. The minimum absolute atomic E-state index is 0.0351. The summed E-state index contributed by atoms with van der Waals surface area (Å²) in [6.07, 6.45) is 0. The van der Waals surface area contributed by atoms with Crippen LogP contribution in [0.2, 0.25) is 0 Å². The molecule has 0 N–H and O–H groups in total. The van der Waals surface area contributed by atoms with Gasteiger partial charge in [0.25, 0.3) is 5.91 Å². The van der Waals surface area contributed by atoms with Crippen molar-refractivity contribution in [2.24, 2.45) is 0 Å². The number of fused-ring (bicyclic) bond motifs is 1. The summed E-state index contributed by atoms with van der Waals surface area (Å²) in [4.78, 5) is 39.1. The molecule has 1 atom stereocenters. The second kappa shape index (κ2) is 7.49. The van der Waals surface area contributed by atoms with Gasteiger partial charge in [0.2, 0.25) is 5.91 Å². The molecular formula is C20H19NO6. The van der Waals surface area contributed by atoms with Crippen LogP contribution >= 0.6 is 0 Å². The number of carbonyl (C=O) groups excluding carboxylic acids is 3. The molecule has 0 aromatic heterocycles. The molecule has 0 bridgehead atoms. The first-order valence-electron chi connectivity index (χ1n) is 8.25. The fourth-order valence-electron chi connectivity index (χ4n) is 3.13. The lowest BCUT2D eigenvalue weighted by atomic mass is 9.88. The van der Waals surface area contributed by atoms with E-state index < -0.39 is 23.7 Å². The summed E-state index contributed by atoms with van der Waals surface area (Å²) in [5, 5.41) is 0. The maximum absolute atomic E-state index is 13.0. The van der Waals surface area contributed by atoms with Crippen molar-refractivity contribution in [2.75, 3.05) is 21.3 Å². The van der Waals surface area contributed by atoms with Gasteiger partial charge in [-0.3, -0.25) is 19.3 Å². The molecule has 1 aliphatic rings. The Bertz CT molecular complexity index is 907. The van der Waals surface area contributed by atoms with Gasteiger partial charge in [-0.15, -0.1) is 0 Å². The van der Waals surface area contributed by atoms with E-state index in [1.54, 1.807) is 42.5 Å². The Morgan fingerprint density at radius 1 is 1.04 bits per heavy atom. The van der Waals surface area contributed by atoms with Crippen molar-refractivity contribution >= 4 is 17.8 Å². The van der Waals surface area contributed by atoms with Gasteiger partial charge in [0, 0.05) is 17.2 Å². The highest BCUT2D eigenvalue weighted by molar-refractivity contribution is 6.18. The molecule has 0 spiro atoms. The Kier molecular flexibility index (Phi) is 5.12. The number of ether oxygens (including phenoxy) is 3. The number of esters is 1. The van der Waals surface area contributed by atoms with Crippen molar-refractivity contribution in [3.8, 4) is 11.5 Å². The molecule has 0 saturated heterocycles. The Balaban J connectivity index is 2.03. The van der Waals surface area contributed by atoms with Gasteiger partial charge in [-0.05, 0) is 23.8 Å². The van der Waals surface area contributed by atoms with Gasteiger partial charge in [-0.25, -0.2) is 0 Å². The number of amides is 2. The van der Waals surface area contributed by atoms with Crippen molar-refractivity contribution in [3.05, 3.63) is 59.2 Å². The maximum Gasteiger partial charge on any atom is 0.322 e.